The predicted octanol–water partition coefficient (Wildman–Crippen LogP) is 7.63. The number of halogens is 1. The summed E-state index contributed by atoms with van der Waals surface area (Å²) in [4.78, 5) is 13.9. The van der Waals surface area contributed by atoms with Crippen LogP contribution in [-0.4, -0.2) is 14.9 Å². The van der Waals surface area contributed by atoms with Gasteiger partial charge in [-0.3, -0.25) is 9.20 Å². The van der Waals surface area contributed by atoms with E-state index in [1.165, 1.54) is 11.1 Å². The number of imidazole rings is 1. The quantitative estimate of drug-likeness (QED) is 0.283. The molecule has 0 aliphatic carbocycles. The van der Waals surface area contributed by atoms with Crippen LogP contribution >= 0.6 is 11.6 Å². The zero-order chi connectivity index (χ0) is 23.9. The molecule has 1 aliphatic rings. The molecule has 1 N–H and O–H groups in total. The summed E-state index contributed by atoms with van der Waals surface area (Å²) in [5.41, 5.74) is 9.32. The van der Waals surface area contributed by atoms with Gasteiger partial charge in [0.1, 0.15) is 11.3 Å². The third-order valence-electron chi connectivity index (χ3n) is 6.86. The molecule has 174 valence electrons. The van der Waals surface area contributed by atoms with Crippen molar-refractivity contribution in [2.75, 3.05) is 5.32 Å². The summed E-state index contributed by atoms with van der Waals surface area (Å²) in [6, 6.07) is 26.1. The first-order valence-electron chi connectivity index (χ1n) is 12.1. The molecule has 1 aliphatic heterocycles. The molecule has 0 saturated carbocycles. The van der Waals surface area contributed by atoms with Gasteiger partial charge in [-0.15, -0.1) is 0 Å². The number of nitrogens with zero attached hydrogens (tertiary/aromatic N) is 2. The number of carbonyl (C=O) groups is 1. The van der Waals surface area contributed by atoms with E-state index in [1.807, 2.05) is 54.6 Å². The van der Waals surface area contributed by atoms with E-state index in [1.54, 1.807) is 0 Å². The van der Waals surface area contributed by atoms with Crippen molar-refractivity contribution in [2.24, 2.45) is 0 Å². The first kappa shape index (κ1) is 21.8. The van der Waals surface area contributed by atoms with Crippen LogP contribution in [0.5, 0.6) is 0 Å². The Morgan fingerprint density at radius 2 is 1.60 bits per heavy atom. The summed E-state index contributed by atoms with van der Waals surface area (Å²) in [5, 5.41) is 3.81. The number of benzene rings is 3. The Balaban J connectivity index is 1.62. The molecule has 1 amide bonds. The summed E-state index contributed by atoms with van der Waals surface area (Å²) in [7, 11) is 0. The van der Waals surface area contributed by atoms with Gasteiger partial charge in [0.2, 0.25) is 0 Å². The van der Waals surface area contributed by atoms with Crippen molar-refractivity contribution < 1.29 is 4.79 Å². The number of aryl methyl sites for hydroxylation is 3. The van der Waals surface area contributed by atoms with E-state index in [9.17, 15) is 4.79 Å². The molecule has 0 saturated heterocycles. The Labute approximate surface area is 209 Å². The number of aromatic nitrogens is 2. The van der Waals surface area contributed by atoms with E-state index in [-0.39, 0.29) is 5.91 Å². The number of amides is 1. The second kappa shape index (κ2) is 8.79. The monoisotopic (exact) mass is 479 g/mol. The lowest BCUT2D eigenvalue weighted by Crippen LogP contribution is -2.15. The molecule has 35 heavy (non-hydrogen) atoms. The maximum atomic E-state index is 13.9. The Morgan fingerprint density at radius 1 is 0.886 bits per heavy atom. The van der Waals surface area contributed by atoms with Crippen molar-refractivity contribution in [2.45, 2.75) is 32.7 Å². The normalized spacial score (nSPS) is 13.1. The maximum absolute atomic E-state index is 13.9. The molecule has 0 unspecified atom stereocenters. The maximum Gasteiger partial charge on any atom is 0.273 e. The van der Waals surface area contributed by atoms with Crippen molar-refractivity contribution >= 4 is 28.8 Å². The number of anilines is 1. The van der Waals surface area contributed by atoms with Crippen LogP contribution in [0.25, 0.3) is 28.0 Å². The van der Waals surface area contributed by atoms with Gasteiger partial charge in [0.05, 0.1) is 5.69 Å². The minimum absolute atomic E-state index is 0.115. The van der Waals surface area contributed by atoms with E-state index >= 15 is 0 Å². The molecule has 0 atom stereocenters. The van der Waals surface area contributed by atoms with Gasteiger partial charge in [0.15, 0.2) is 0 Å². The fourth-order valence-electron chi connectivity index (χ4n) is 5.20. The average Bonchev–Trinajstić information content (AvgIpc) is 3.28. The highest BCUT2D eigenvalue weighted by atomic mass is 35.5. The Kier molecular flexibility index (Phi) is 5.46. The Morgan fingerprint density at radius 3 is 2.34 bits per heavy atom. The lowest BCUT2D eigenvalue weighted by Gasteiger charge is -2.10. The third kappa shape index (κ3) is 3.84. The predicted molar refractivity (Wildman–Crippen MR) is 143 cm³/mol. The molecule has 3 heterocycles. The standard InChI is InChI=1S/C30H26ClN3O/c1-20-10-12-21(13-11-20)26-19-34-28(29(35)32-24-7-3-2-4-8-24)27(22-14-16-23(31)17-15-22)25-9-5-6-18-33(26)30(25)34/h2-4,7-8,10-17,19H,5-6,9,18H2,1H3,(H,32,35). The molecule has 0 spiro atoms. The highest BCUT2D eigenvalue weighted by molar-refractivity contribution is 6.30. The second-order valence-corrected chi connectivity index (χ2v) is 9.65. The number of para-hydroxylation sites is 1. The summed E-state index contributed by atoms with van der Waals surface area (Å²) < 4.78 is 4.50. The van der Waals surface area contributed by atoms with Crippen molar-refractivity contribution in [3.63, 3.8) is 0 Å². The van der Waals surface area contributed by atoms with Crippen molar-refractivity contribution in [1.82, 2.24) is 8.97 Å². The Bertz CT molecular complexity index is 1530. The number of carbonyl (C=O) groups excluding carboxylic acids is 1. The van der Waals surface area contributed by atoms with Crippen LogP contribution in [0, 0.1) is 6.92 Å². The van der Waals surface area contributed by atoms with Gasteiger partial charge in [-0.05, 0) is 61.6 Å². The van der Waals surface area contributed by atoms with E-state index in [2.05, 4.69) is 51.7 Å². The van der Waals surface area contributed by atoms with Crippen LogP contribution in [0.2, 0.25) is 5.02 Å². The van der Waals surface area contributed by atoms with Crippen molar-refractivity contribution in [3.8, 4) is 22.4 Å². The van der Waals surface area contributed by atoms with E-state index < -0.39 is 0 Å². The van der Waals surface area contributed by atoms with E-state index in [0.29, 0.717) is 10.7 Å². The van der Waals surface area contributed by atoms with Crippen LogP contribution in [0.1, 0.15) is 34.5 Å². The summed E-state index contributed by atoms with van der Waals surface area (Å²) in [5.74, 6) is -0.115. The molecule has 4 nitrogen and oxygen atoms in total. The lowest BCUT2D eigenvalue weighted by atomic mass is 9.97. The van der Waals surface area contributed by atoms with Crippen molar-refractivity contribution in [1.29, 1.82) is 0 Å². The molecule has 0 bridgehead atoms. The summed E-state index contributed by atoms with van der Waals surface area (Å²) in [6.45, 7) is 3.03. The molecule has 2 aromatic heterocycles. The van der Waals surface area contributed by atoms with Gasteiger partial charge in [-0.25, -0.2) is 0 Å². The van der Waals surface area contributed by atoms with Gasteiger partial charge in [-0.1, -0.05) is 71.8 Å². The minimum atomic E-state index is -0.115. The van der Waals surface area contributed by atoms with Gasteiger partial charge in [0, 0.05) is 34.6 Å². The van der Waals surface area contributed by atoms with Gasteiger partial charge in [-0.2, -0.15) is 0 Å². The minimum Gasteiger partial charge on any atom is -0.325 e. The summed E-state index contributed by atoms with van der Waals surface area (Å²) in [6.07, 6.45) is 5.24. The smallest absolute Gasteiger partial charge is 0.273 e. The molecule has 5 heteroatoms. The zero-order valence-electron chi connectivity index (χ0n) is 19.6. The average molecular weight is 480 g/mol. The van der Waals surface area contributed by atoms with Gasteiger partial charge < -0.3 is 9.88 Å². The molecule has 5 aromatic rings. The van der Waals surface area contributed by atoms with Crippen LogP contribution in [0.4, 0.5) is 5.69 Å². The molecule has 0 fully saturated rings. The van der Waals surface area contributed by atoms with Crippen molar-refractivity contribution in [3.05, 3.63) is 107 Å². The second-order valence-electron chi connectivity index (χ2n) is 9.21. The number of hydrogen-bond donors (Lipinski definition) is 1. The highest BCUT2D eigenvalue weighted by Gasteiger charge is 2.29. The highest BCUT2D eigenvalue weighted by Crippen LogP contribution is 2.40. The molecule has 0 radical (unpaired) electrons. The summed E-state index contributed by atoms with van der Waals surface area (Å²) >= 11 is 6.21. The van der Waals surface area contributed by atoms with Gasteiger partial charge >= 0.3 is 0 Å². The molecule has 6 rings (SSSR count). The third-order valence-corrected chi connectivity index (χ3v) is 7.11. The van der Waals surface area contributed by atoms with E-state index in [4.69, 9.17) is 11.6 Å². The fraction of sp³-hybridized carbons (Fsp3) is 0.167. The van der Waals surface area contributed by atoms with Gasteiger partial charge in [0.25, 0.3) is 5.91 Å². The largest absolute Gasteiger partial charge is 0.325 e. The van der Waals surface area contributed by atoms with Crippen LogP contribution in [0.3, 0.4) is 0 Å². The Hall–Kier alpha value is -3.76. The first-order chi connectivity index (χ1) is 17.1. The first-order valence-corrected chi connectivity index (χ1v) is 12.4. The molecular formula is C30H26ClN3O. The SMILES string of the molecule is Cc1ccc(-c2cn3c(C(=O)Nc4ccccc4)c(-c4ccc(Cl)cc4)c4c3n2CCCC4)cc1. The topological polar surface area (TPSA) is 38.4 Å². The zero-order valence-corrected chi connectivity index (χ0v) is 20.3. The van der Waals surface area contributed by atoms with Crippen LogP contribution in [0.15, 0.2) is 85.1 Å². The van der Waals surface area contributed by atoms with Crippen LogP contribution in [-0.2, 0) is 13.0 Å². The number of hydrogen-bond acceptors (Lipinski definition) is 1. The van der Waals surface area contributed by atoms with Crippen LogP contribution < -0.4 is 5.32 Å². The fourth-order valence-corrected chi connectivity index (χ4v) is 5.33. The lowest BCUT2D eigenvalue weighted by molar-refractivity contribution is 0.102. The number of nitrogens with one attached hydrogen (secondary N) is 1. The molecular weight excluding hydrogens is 454 g/mol. The molecule has 3 aromatic carbocycles. The van der Waals surface area contributed by atoms with E-state index in [0.717, 1.165) is 59.5 Å². The number of rotatable bonds is 4.